The van der Waals surface area contributed by atoms with Gasteiger partial charge in [0.15, 0.2) is 0 Å². The van der Waals surface area contributed by atoms with Gasteiger partial charge in [-0.3, -0.25) is 0 Å². The topological polar surface area (TPSA) is 36.3 Å². The van der Waals surface area contributed by atoms with Crippen LogP contribution in [-0.4, -0.2) is 32.9 Å². The van der Waals surface area contributed by atoms with E-state index in [1.54, 1.807) is 11.9 Å². The zero-order chi connectivity index (χ0) is 19.8. The largest absolute Gasteiger partial charge is 0.347 e. The van der Waals surface area contributed by atoms with Crippen LogP contribution in [0.15, 0.2) is 61.2 Å². The summed E-state index contributed by atoms with van der Waals surface area (Å²) >= 11 is 0. The van der Waals surface area contributed by atoms with Crippen molar-refractivity contribution in [2.75, 3.05) is 13.6 Å². The molecule has 1 unspecified atom stereocenters. The average molecular weight is 385 g/mol. The molecular formula is C25H28N4. The van der Waals surface area contributed by atoms with Crippen LogP contribution in [0.5, 0.6) is 0 Å². The van der Waals surface area contributed by atoms with E-state index < -0.39 is 0 Å². The van der Waals surface area contributed by atoms with Crippen molar-refractivity contribution < 1.29 is 0 Å². The van der Waals surface area contributed by atoms with Gasteiger partial charge in [0.25, 0.3) is 0 Å². The summed E-state index contributed by atoms with van der Waals surface area (Å²) in [5.74, 6) is 0.489. The minimum atomic E-state index is 0.489. The minimum absolute atomic E-state index is 0.489. The van der Waals surface area contributed by atoms with Gasteiger partial charge in [-0.05, 0) is 61.6 Å². The van der Waals surface area contributed by atoms with Gasteiger partial charge in [0.1, 0.15) is 0 Å². The van der Waals surface area contributed by atoms with Gasteiger partial charge < -0.3 is 14.3 Å². The number of aromatic amines is 1. The molecule has 1 atom stereocenters. The first-order valence-corrected chi connectivity index (χ1v) is 10.5. The van der Waals surface area contributed by atoms with Crippen LogP contribution in [0.25, 0.3) is 5.52 Å². The lowest BCUT2D eigenvalue weighted by Crippen LogP contribution is -2.22. The molecule has 0 bridgehead atoms. The third kappa shape index (κ3) is 3.28. The zero-order valence-electron chi connectivity index (χ0n) is 17.2. The SMILES string of the molecule is Cc1c(CCN(C)Cc2cnc[nH]2)c2c3c(cccn13)CCC2c1ccccc1. The van der Waals surface area contributed by atoms with Crippen molar-refractivity contribution >= 4 is 5.52 Å². The number of pyridine rings is 1. The number of aromatic nitrogens is 3. The highest BCUT2D eigenvalue weighted by Gasteiger charge is 2.29. The van der Waals surface area contributed by atoms with Crippen LogP contribution in [0.4, 0.5) is 0 Å². The highest BCUT2D eigenvalue weighted by molar-refractivity contribution is 5.71. The monoisotopic (exact) mass is 384 g/mol. The molecule has 5 rings (SSSR count). The maximum atomic E-state index is 4.14. The lowest BCUT2D eigenvalue weighted by Gasteiger charge is -2.25. The van der Waals surface area contributed by atoms with Gasteiger partial charge in [-0.15, -0.1) is 0 Å². The highest BCUT2D eigenvalue weighted by Crippen LogP contribution is 2.42. The Labute approximate surface area is 172 Å². The minimum Gasteiger partial charge on any atom is -0.347 e. The van der Waals surface area contributed by atoms with E-state index in [9.17, 15) is 0 Å². The summed E-state index contributed by atoms with van der Waals surface area (Å²) in [6.45, 7) is 4.22. The summed E-state index contributed by atoms with van der Waals surface area (Å²) in [6, 6.07) is 15.6. The van der Waals surface area contributed by atoms with Crippen molar-refractivity contribution in [3.63, 3.8) is 0 Å². The number of hydrogen-bond donors (Lipinski definition) is 1. The molecule has 4 heteroatoms. The van der Waals surface area contributed by atoms with Crippen LogP contribution in [0.3, 0.4) is 0 Å². The second kappa shape index (κ2) is 7.53. The fourth-order valence-electron chi connectivity index (χ4n) is 5.02. The summed E-state index contributed by atoms with van der Waals surface area (Å²) < 4.78 is 2.43. The van der Waals surface area contributed by atoms with E-state index in [1.165, 1.54) is 34.3 Å². The van der Waals surface area contributed by atoms with E-state index in [2.05, 4.69) is 81.9 Å². The molecule has 4 aromatic rings. The summed E-state index contributed by atoms with van der Waals surface area (Å²) in [5.41, 5.74) is 10.0. The number of aryl methyl sites for hydroxylation is 2. The number of nitrogens with one attached hydrogen (secondary N) is 1. The first-order chi connectivity index (χ1) is 14.2. The Morgan fingerprint density at radius 2 is 2.03 bits per heavy atom. The molecule has 29 heavy (non-hydrogen) atoms. The normalized spacial score (nSPS) is 16.0. The van der Waals surface area contributed by atoms with Gasteiger partial charge in [0.2, 0.25) is 0 Å². The Bertz CT molecular complexity index is 1110. The van der Waals surface area contributed by atoms with Gasteiger partial charge >= 0.3 is 0 Å². The van der Waals surface area contributed by atoms with E-state index >= 15 is 0 Å². The lowest BCUT2D eigenvalue weighted by atomic mass is 9.79. The average Bonchev–Trinajstić information content (AvgIpc) is 3.36. The molecule has 0 saturated carbocycles. The molecule has 3 heterocycles. The molecule has 1 aliphatic rings. The molecule has 1 N–H and O–H groups in total. The van der Waals surface area contributed by atoms with Gasteiger partial charge in [-0.1, -0.05) is 36.4 Å². The van der Waals surface area contributed by atoms with Crippen LogP contribution < -0.4 is 0 Å². The van der Waals surface area contributed by atoms with E-state index in [0.717, 1.165) is 31.6 Å². The van der Waals surface area contributed by atoms with E-state index in [-0.39, 0.29) is 0 Å². The Hall–Kier alpha value is -2.85. The Morgan fingerprint density at radius 1 is 1.17 bits per heavy atom. The van der Waals surface area contributed by atoms with Crippen molar-refractivity contribution in [1.82, 2.24) is 19.3 Å². The maximum absolute atomic E-state index is 4.14. The number of hydrogen-bond acceptors (Lipinski definition) is 2. The number of nitrogens with zero attached hydrogens (tertiary/aromatic N) is 3. The quantitative estimate of drug-likeness (QED) is 0.522. The first kappa shape index (κ1) is 18.2. The Kier molecular flexibility index (Phi) is 4.72. The third-order valence-electron chi connectivity index (χ3n) is 6.45. The van der Waals surface area contributed by atoms with Crippen LogP contribution in [0.2, 0.25) is 0 Å². The fraction of sp³-hybridized carbons (Fsp3) is 0.320. The Morgan fingerprint density at radius 3 is 2.83 bits per heavy atom. The highest BCUT2D eigenvalue weighted by atomic mass is 15.1. The smallest absolute Gasteiger partial charge is 0.0922 e. The molecule has 4 nitrogen and oxygen atoms in total. The second-order valence-electron chi connectivity index (χ2n) is 8.30. The van der Waals surface area contributed by atoms with Crippen LogP contribution >= 0.6 is 0 Å². The molecule has 1 aliphatic carbocycles. The van der Waals surface area contributed by atoms with Gasteiger partial charge in [0.05, 0.1) is 11.8 Å². The molecule has 1 aromatic carbocycles. The number of imidazole rings is 1. The summed E-state index contributed by atoms with van der Waals surface area (Å²) in [4.78, 5) is 9.73. The predicted octanol–water partition coefficient (Wildman–Crippen LogP) is 4.72. The predicted molar refractivity (Wildman–Crippen MR) is 117 cm³/mol. The van der Waals surface area contributed by atoms with Crippen molar-refractivity contribution in [2.24, 2.45) is 0 Å². The van der Waals surface area contributed by atoms with E-state index in [0.29, 0.717) is 5.92 Å². The van der Waals surface area contributed by atoms with E-state index in [4.69, 9.17) is 0 Å². The lowest BCUT2D eigenvalue weighted by molar-refractivity contribution is 0.327. The van der Waals surface area contributed by atoms with E-state index in [1.807, 2.05) is 6.20 Å². The molecule has 0 saturated heterocycles. The number of rotatable bonds is 6. The molecule has 0 amide bonds. The zero-order valence-corrected chi connectivity index (χ0v) is 17.2. The van der Waals surface area contributed by atoms with Crippen molar-refractivity contribution in [1.29, 1.82) is 0 Å². The number of benzene rings is 1. The van der Waals surface area contributed by atoms with Crippen molar-refractivity contribution in [3.8, 4) is 0 Å². The van der Waals surface area contributed by atoms with Gasteiger partial charge in [-0.2, -0.15) is 0 Å². The first-order valence-electron chi connectivity index (χ1n) is 10.5. The standard InChI is InChI=1S/C25H28N4/c1-18-22(12-14-28(2)16-21-15-26-17-27-21)24-23(19-7-4-3-5-8-19)11-10-20-9-6-13-29(18)25(20)24/h3-9,13,15,17,23H,10-12,14,16H2,1-2H3,(H,26,27). The number of likely N-dealkylation sites (N-methyl/N-ethyl adjacent to an activating group) is 1. The molecule has 148 valence electrons. The van der Waals surface area contributed by atoms with Crippen molar-refractivity contribution in [2.45, 2.75) is 38.6 Å². The molecule has 0 radical (unpaired) electrons. The second-order valence-corrected chi connectivity index (χ2v) is 8.30. The number of H-pyrrole nitrogens is 1. The van der Waals surface area contributed by atoms with Crippen LogP contribution in [0, 0.1) is 6.92 Å². The van der Waals surface area contributed by atoms with Crippen LogP contribution in [0.1, 0.15) is 46.0 Å². The van der Waals surface area contributed by atoms with Crippen molar-refractivity contribution in [3.05, 3.63) is 94.8 Å². The Balaban J connectivity index is 1.52. The summed E-state index contributed by atoms with van der Waals surface area (Å²) in [7, 11) is 2.19. The fourth-order valence-corrected chi connectivity index (χ4v) is 5.02. The van der Waals surface area contributed by atoms with Gasteiger partial charge in [-0.25, -0.2) is 4.98 Å². The molecule has 0 spiro atoms. The third-order valence-corrected chi connectivity index (χ3v) is 6.45. The summed E-state index contributed by atoms with van der Waals surface area (Å²) in [5, 5.41) is 0. The molecule has 0 aliphatic heterocycles. The molecule has 3 aromatic heterocycles. The maximum Gasteiger partial charge on any atom is 0.0922 e. The molecular weight excluding hydrogens is 356 g/mol. The molecule has 0 fully saturated rings. The summed E-state index contributed by atoms with van der Waals surface area (Å²) in [6.07, 6.45) is 9.32. The van der Waals surface area contributed by atoms with Gasteiger partial charge in [0, 0.05) is 42.8 Å². The van der Waals surface area contributed by atoms with Crippen LogP contribution in [-0.2, 0) is 19.4 Å².